The van der Waals surface area contributed by atoms with Gasteiger partial charge in [0.2, 0.25) is 0 Å². The highest BCUT2D eigenvalue weighted by Crippen LogP contribution is 2.14. The number of carbonyl (C=O) groups excluding carboxylic acids is 1. The smallest absolute Gasteiger partial charge is 0.317 e. The summed E-state index contributed by atoms with van der Waals surface area (Å²) < 4.78 is 2.99. The third kappa shape index (κ3) is 5.90. The summed E-state index contributed by atoms with van der Waals surface area (Å²) in [6.07, 6.45) is 0. The number of hydrogen-bond acceptors (Lipinski definition) is 4. The third-order valence-corrected chi connectivity index (χ3v) is 4.27. The largest absolute Gasteiger partial charge is 0.322 e. The van der Waals surface area contributed by atoms with Crippen LogP contribution in [0, 0.1) is 6.92 Å². The third-order valence-electron chi connectivity index (χ3n) is 3.64. The second-order valence-corrected chi connectivity index (χ2v) is 6.55. The van der Waals surface area contributed by atoms with Gasteiger partial charge in [0.25, 0.3) is 0 Å². The molecular weight excluding hydrogens is 356 g/mol. The van der Waals surface area contributed by atoms with Gasteiger partial charge in [0.05, 0.1) is 5.69 Å². The van der Waals surface area contributed by atoms with Crippen LogP contribution in [0.15, 0.2) is 89.9 Å². The molecule has 0 saturated heterocycles. The predicted octanol–water partition coefficient (Wildman–Crippen LogP) is 5.05. The first kappa shape index (κ1) is 18.5. The lowest BCUT2D eigenvalue weighted by Gasteiger charge is -2.12. The number of carbonyl (C=O) groups is 1. The molecule has 0 aliphatic carbocycles. The van der Waals surface area contributed by atoms with Gasteiger partial charge in [0, 0.05) is 23.2 Å². The number of rotatable bonds is 4. The zero-order valence-corrected chi connectivity index (χ0v) is 15.7. The molecule has 27 heavy (non-hydrogen) atoms. The molecule has 136 valence electrons. The molecule has 0 spiro atoms. The maximum absolute atomic E-state index is 12.1. The number of anilines is 1. The van der Waals surface area contributed by atoms with Gasteiger partial charge in [-0.3, -0.25) is 15.6 Å². The number of para-hydroxylation sites is 2. The van der Waals surface area contributed by atoms with E-state index in [9.17, 15) is 4.79 Å². The Morgan fingerprint density at radius 3 is 2.11 bits per heavy atom. The molecule has 0 unspecified atom stereocenters. The summed E-state index contributed by atoms with van der Waals surface area (Å²) in [5, 5.41) is -0.272. The van der Waals surface area contributed by atoms with Crippen molar-refractivity contribution in [3.05, 3.63) is 96.1 Å². The summed E-state index contributed by atoms with van der Waals surface area (Å²) in [7, 11) is 0. The van der Waals surface area contributed by atoms with Crippen molar-refractivity contribution in [2.45, 2.75) is 6.92 Å². The Balaban J connectivity index is 1.67. The Kier molecular flexibility index (Phi) is 6.49. The minimum atomic E-state index is -0.272. The number of amidine groups is 1. The van der Waals surface area contributed by atoms with Gasteiger partial charge in [-0.1, -0.05) is 66.2 Å². The zero-order valence-electron chi connectivity index (χ0n) is 14.8. The van der Waals surface area contributed by atoms with Crippen molar-refractivity contribution in [3.8, 4) is 0 Å². The lowest BCUT2D eigenvalue weighted by Crippen LogP contribution is -2.40. The maximum Gasteiger partial charge on any atom is 0.317 e. The van der Waals surface area contributed by atoms with Crippen LogP contribution in [0.3, 0.4) is 0 Å². The van der Waals surface area contributed by atoms with Crippen LogP contribution in [0.4, 0.5) is 16.2 Å². The normalized spacial score (nSPS) is 10.9. The summed E-state index contributed by atoms with van der Waals surface area (Å²) in [6.45, 7) is 2.03. The molecule has 1 amide bonds. The number of nitrogens with zero attached hydrogens (tertiary/aromatic N) is 1. The van der Waals surface area contributed by atoms with Crippen LogP contribution in [0.2, 0.25) is 0 Å². The minimum Gasteiger partial charge on any atom is -0.322 e. The fourth-order valence-corrected chi connectivity index (χ4v) is 2.70. The standard InChI is InChI=1S/C21H20N4OS/c1-16-12-14-17(15-13-16)20(22-18-8-4-2-5-9-18)23-24-21(26)27-25-19-10-6-3-7-11-19/h2-15,25H,1H3,(H,22,23)(H,24,26). The molecular formula is C21H20N4OS. The fourth-order valence-electron chi connectivity index (χ4n) is 2.25. The van der Waals surface area contributed by atoms with Gasteiger partial charge in [-0.2, -0.15) is 0 Å². The van der Waals surface area contributed by atoms with Gasteiger partial charge in [-0.15, -0.1) is 0 Å². The molecule has 0 heterocycles. The fraction of sp³-hybridized carbons (Fsp3) is 0.0476. The molecule has 0 aromatic heterocycles. The van der Waals surface area contributed by atoms with Crippen molar-refractivity contribution in [1.29, 1.82) is 0 Å². The Morgan fingerprint density at radius 2 is 1.44 bits per heavy atom. The quantitative estimate of drug-likeness (QED) is 0.258. The summed E-state index contributed by atoms with van der Waals surface area (Å²) >= 11 is 0.958. The second-order valence-electron chi connectivity index (χ2n) is 5.77. The Morgan fingerprint density at radius 1 is 0.815 bits per heavy atom. The van der Waals surface area contributed by atoms with Gasteiger partial charge in [0.1, 0.15) is 0 Å². The van der Waals surface area contributed by atoms with Crippen molar-refractivity contribution < 1.29 is 4.79 Å². The zero-order chi connectivity index (χ0) is 18.9. The lowest BCUT2D eigenvalue weighted by molar-refractivity contribution is 0.259. The van der Waals surface area contributed by atoms with Crippen LogP contribution in [-0.2, 0) is 0 Å². The molecule has 3 aromatic carbocycles. The van der Waals surface area contributed by atoms with Crippen LogP contribution in [0.5, 0.6) is 0 Å². The first-order valence-corrected chi connectivity index (χ1v) is 9.27. The highest BCUT2D eigenvalue weighted by atomic mass is 32.2. The molecule has 3 rings (SSSR count). The number of aliphatic imine (C=N–C) groups is 1. The van der Waals surface area contributed by atoms with E-state index in [1.807, 2.05) is 91.9 Å². The average Bonchev–Trinajstić information content (AvgIpc) is 2.72. The van der Waals surface area contributed by atoms with Gasteiger partial charge >= 0.3 is 5.24 Å². The van der Waals surface area contributed by atoms with Crippen LogP contribution in [-0.4, -0.2) is 11.1 Å². The first-order valence-electron chi connectivity index (χ1n) is 8.45. The molecule has 0 bridgehead atoms. The van der Waals surface area contributed by atoms with Crippen molar-refractivity contribution >= 4 is 34.4 Å². The number of nitrogens with one attached hydrogen (secondary N) is 3. The maximum atomic E-state index is 12.1. The van der Waals surface area contributed by atoms with E-state index in [4.69, 9.17) is 0 Å². The van der Waals surface area contributed by atoms with E-state index >= 15 is 0 Å². The van der Waals surface area contributed by atoms with Gasteiger partial charge < -0.3 is 4.72 Å². The molecule has 0 radical (unpaired) electrons. The molecule has 3 aromatic rings. The number of amides is 1. The predicted molar refractivity (Wildman–Crippen MR) is 113 cm³/mol. The summed E-state index contributed by atoms with van der Waals surface area (Å²) in [5.74, 6) is 0.565. The van der Waals surface area contributed by atoms with Crippen LogP contribution in [0.1, 0.15) is 11.1 Å². The number of aryl methyl sites for hydroxylation is 1. The average molecular weight is 376 g/mol. The second kappa shape index (κ2) is 9.45. The Labute approximate surface area is 163 Å². The SMILES string of the molecule is Cc1ccc(C(=Nc2ccccc2)NNC(=O)SNc2ccccc2)cc1. The topological polar surface area (TPSA) is 65.5 Å². The molecule has 0 saturated carbocycles. The van der Waals surface area contributed by atoms with Crippen molar-refractivity contribution in [2.75, 3.05) is 4.72 Å². The molecule has 5 nitrogen and oxygen atoms in total. The molecule has 0 fully saturated rings. The van der Waals surface area contributed by atoms with Gasteiger partial charge in [-0.05, 0) is 31.2 Å². The number of hydrazine groups is 1. The first-order chi connectivity index (χ1) is 13.2. The summed E-state index contributed by atoms with van der Waals surface area (Å²) in [4.78, 5) is 16.7. The highest BCUT2D eigenvalue weighted by Gasteiger charge is 2.07. The van der Waals surface area contributed by atoms with E-state index in [2.05, 4.69) is 20.6 Å². The monoisotopic (exact) mass is 376 g/mol. The van der Waals surface area contributed by atoms with E-state index in [1.165, 1.54) is 0 Å². The van der Waals surface area contributed by atoms with E-state index in [1.54, 1.807) is 0 Å². The molecule has 0 aliphatic heterocycles. The van der Waals surface area contributed by atoms with E-state index in [-0.39, 0.29) is 5.24 Å². The van der Waals surface area contributed by atoms with E-state index in [0.29, 0.717) is 5.84 Å². The van der Waals surface area contributed by atoms with Crippen LogP contribution < -0.4 is 15.6 Å². The molecule has 0 aliphatic rings. The van der Waals surface area contributed by atoms with Crippen LogP contribution in [0.25, 0.3) is 0 Å². The summed E-state index contributed by atoms with van der Waals surface area (Å²) in [5.41, 5.74) is 9.29. The van der Waals surface area contributed by atoms with E-state index < -0.39 is 0 Å². The minimum absolute atomic E-state index is 0.272. The van der Waals surface area contributed by atoms with E-state index in [0.717, 1.165) is 34.4 Å². The highest BCUT2D eigenvalue weighted by molar-refractivity contribution is 8.14. The molecule has 3 N–H and O–H groups in total. The van der Waals surface area contributed by atoms with Gasteiger partial charge in [-0.25, -0.2) is 4.99 Å². The number of hydrogen-bond donors (Lipinski definition) is 3. The van der Waals surface area contributed by atoms with Crippen molar-refractivity contribution in [1.82, 2.24) is 10.9 Å². The van der Waals surface area contributed by atoms with Gasteiger partial charge in [0.15, 0.2) is 5.84 Å². The Hall–Kier alpha value is -3.25. The van der Waals surface area contributed by atoms with Crippen molar-refractivity contribution in [2.24, 2.45) is 4.99 Å². The molecule has 6 heteroatoms. The Bertz CT molecular complexity index is 896. The molecule has 0 atom stereocenters. The lowest BCUT2D eigenvalue weighted by atomic mass is 10.1. The van der Waals surface area contributed by atoms with Crippen LogP contribution >= 0.6 is 11.9 Å². The number of benzene rings is 3. The summed E-state index contributed by atoms with van der Waals surface area (Å²) in [6, 6.07) is 27.0. The van der Waals surface area contributed by atoms with Crippen molar-refractivity contribution in [3.63, 3.8) is 0 Å².